The highest BCUT2D eigenvalue weighted by molar-refractivity contribution is 7.84. The minimum Gasteiger partial charge on any atom is -0.382 e. The molecule has 0 amide bonds. The van der Waals surface area contributed by atoms with Crippen LogP contribution in [0, 0.1) is 10.1 Å². The molecule has 0 aliphatic heterocycles. The molecule has 0 spiro atoms. The molecule has 0 heterocycles. The lowest BCUT2D eigenvalue weighted by atomic mass is 10.2. The summed E-state index contributed by atoms with van der Waals surface area (Å²) in [6, 6.07) is 6.25. The smallest absolute Gasteiger partial charge is 0.269 e. The second kappa shape index (κ2) is 5.60. The normalized spacial score (nSPS) is 14.1. The molecule has 88 valence electrons. The Kier molecular flexibility index (Phi) is 4.42. The molecule has 0 aliphatic rings. The number of hydrogen-bond donors (Lipinski definition) is 1. The minimum atomic E-state index is -0.852. The molecule has 0 fully saturated rings. The van der Waals surface area contributed by atoms with E-state index >= 15 is 0 Å². The Labute approximate surface area is 96.5 Å². The molecule has 0 aliphatic carbocycles. The van der Waals surface area contributed by atoms with Gasteiger partial charge in [0.25, 0.3) is 5.69 Å². The number of nitrogens with zero attached hydrogens (tertiary/aromatic N) is 1. The van der Waals surface area contributed by atoms with Crippen LogP contribution in [-0.4, -0.2) is 27.2 Å². The molecule has 16 heavy (non-hydrogen) atoms. The van der Waals surface area contributed by atoms with Gasteiger partial charge < -0.3 is 5.32 Å². The van der Waals surface area contributed by atoms with Crippen molar-refractivity contribution >= 4 is 22.2 Å². The van der Waals surface area contributed by atoms with Crippen LogP contribution in [0.3, 0.4) is 0 Å². The van der Waals surface area contributed by atoms with Crippen molar-refractivity contribution in [1.82, 2.24) is 0 Å². The van der Waals surface area contributed by atoms with Gasteiger partial charge in [0.15, 0.2) is 0 Å². The molecule has 0 bridgehead atoms. The zero-order chi connectivity index (χ0) is 12.1. The molecule has 1 aromatic carbocycles. The third kappa shape index (κ3) is 3.98. The average molecular weight is 242 g/mol. The van der Waals surface area contributed by atoms with Crippen molar-refractivity contribution in [2.24, 2.45) is 0 Å². The summed E-state index contributed by atoms with van der Waals surface area (Å²) in [5, 5.41) is 13.5. The molecule has 0 saturated heterocycles. The highest BCUT2D eigenvalue weighted by atomic mass is 32.2. The Morgan fingerprint density at radius 1 is 1.44 bits per heavy atom. The number of nitro benzene ring substituents is 1. The van der Waals surface area contributed by atoms with Crippen LogP contribution in [0.2, 0.25) is 0 Å². The van der Waals surface area contributed by atoms with E-state index in [9.17, 15) is 14.3 Å². The van der Waals surface area contributed by atoms with Crippen LogP contribution in [0.1, 0.15) is 6.92 Å². The van der Waals surface area contributed by atoms with Crippen molar-refractivity contribution in [3.63, 3.8) is 0 Å². The number of non-ortho nitro benzene ring substituents is 1. The van der Waals surface area contributed by atoms with Gasteiger partial charge in [-0.3, -0.25) is 14.3 Å². The number of rotatable bonds is 5. The number of hydrogen-bond acceptors (Lipinski definition) is 4. The van der Waals surface area contributed by atoms with E-state index in [0.717, 1.165) is 5.69 Å². The standard InChI is InChI=1S/C10H14N2O3S/c1-8(7-16(2)15)11-9-3-5-10(6-4-9)12(13)14/h3-6,8,11H,7H2,1-2H3. The molecule has 0 aromatic heterocycles. The zero-order valence-electron chi connectivity index (χ0n) is 9.17. The van der Waals surface area contributed by atoms with Crippen molar-refractivity contribution in [2.45, 2.75) is 13.0 Å². The molecule has 0 radical (unpaired) electrons. The number of benzene rings is 1. The predicted octanol–water partition coefficient (Wildman–Crippen LogP) is 1.77. The van der Waals surface area contributed by atoms with Gasteiger partial charge in [0.2, 0.25) is 0 Å². The van der Waals surface area contributed by atoms with Crippen molar-refractivity contribution < 1.29 is 9.13 Å². The Morgan fingerprint density at radius 3 is 2.44 bits per heavy atom. The lowest BCUT2D eigenvalue weighted by Crippen LogP contribution is -2.22. The molecule has 1 N–H and O–H groups in total. The lowest BCUT2D eigenvalue weighted by molar-refractivity contribution is -0.384. The molecule has 0 saturated carbocycles. The Balaban J connectivity index is 2.61. The summed E-state index contributed by atoms with van der Waals surface area (Å²) in [5.41, 5.74) is 0.862. The van der Waals surface area contributed by atoms with Crippen LogP contribution in [-0.2, 0) is 10.8 Å². The third-order valence-corrected chi connectivity index (χ3v) is 2.95. The highest BCUT2D eigenvalue weighted by Gasteiger charge is 2.06. The fourth-order valence-corrected chi connectivity index (χ4v) is 2.15. The number of nitro groups is 1. The van der Waals surface area contributed by atoms with Crippen LogP contribution in [0.25, 0.3) is 0 Å². The molecule has 5 nitrogen and oxygen atoms in total. The summed E-state index contributed by atoms with van der Waals surface area (Å²) in [4.78, 5) is 9.99. The van der Waals surface area contributed by atoms with E-state index in [-0.39, 0.29) is 11.7 Å². The first-order valence-electron chi connectivity index (χ1n) is 4.80. The van der Waals surface area contributed by atoms with E-state index in [0.29, 0.717) is 5.75 Å². The van der Waals surface area contributed by atoms with Gasteiger partial charge in [-0.25, -0.2) is 0 Å². The molecule has 1 aromatic rings. The van der Waals surface area contributed by atoms with Crippen LogP contribution in [0.15, 0.2) is 24.3 Å². The Bertz CT molecular complexity index is 392. The van der Waals surface area contributed by atoms with E-state index in [1.54, 1.807) is 18.4 Å². The molecular formula is C10H14N2O3S. The fourth-order valence-electron chi connectivity index (χ4n) is 1.36. The lowest BCUT2D eigenvalue weighted by Gasteiger charge is -2.13. The third-order valence-electron chi connectivity index (χ3n) is 1.98. The van der Waals surface area contributed by atoms with Gasteiger partial charge in [-0.1, -0.05) is 0 Å². The second-order valence-corrected chi connectivity index (χ2v) is 5.07. The van der Waals surface area contributed by atoms with Crippen LogP contribution < -0.4 is 5.32 Å². The van der Waals surface area contributed by atoms with Gasteiger partial charge >= 0.3 is 0 Å². The summed E-state index contributed by atoms with van der Waals surface area (Å²) < 4.78 is 11.0. The first-order chi connectivity index (χ1) is 7.49. The SMILES string of the molecule is CC(CS(C)=O)Nc1ccc([N+](=O)[O-])cc1. The summed E-state index contributed by atoms with van der Waals surface area (Å²) in [7, 11) is -0.852. The fraction of sp³-hybridized carbons (Fsp3) is 0.400. The first kappa shape index (κ1) is 12.6. The van der Waals surface area contributed by atoms with Crippen LogP contribution >= 0.6 is 0 Å². The largest absolute Gasteiger partial charge is 0.382 e. The maximum atomic E-state index is 11.0. The van der Waals surface area contributed by atoms with Gasteiger partial charge in [-0.05, 0) is 19.1 Å². The molecular weight excluding hydrogens is 228 g/mol. The Morgan fingerprint density at radius 2 is 2.00 bits per heavy atom. The van der Waals surface area contributed by atoms with Crippen molar-refractivity contribution in [2.75, 3.05) is 17.3 Å². The second-order valence-electron chi connectivity index (χ2n) is 3.59. The predicted molar refractivity (Wildman–Crippen MR) is 65.1 cm³/mol. The zero-order valence-corrected chi connectivity index (χ0v) is 9.99. The van der Waals surface area contributed by atoms with E-state index in [4.69, 9.17) is 0 Å². The van der Waals surface area contributed by atoms with Crippen LogP contribution in [0.5, 0.6) is 0 Å². The van der Waals surface area contributed by atoms with Gasteiger partial charge in [-0.2, -0.15) is 0 Å². The van der Waals surface area contributed by atoms with Crippen molar-refractivity contribution in [3.05, 3.63) is 34.4 Å². The van der Waals surface area contributed by atoms with Gasteiger partial charge in [0.05, 0.1) is 4.92 Å². The molecule has 1 rings (SSSR count). The molecule has 2 atom stereocenters. The van der Waals surface area contributed by atoms with Crippen molar-refractivity contribution in [3.8, 4) is 0 Å². The Hall–Kier alpha value is -1.43. The van der Waals surface area contributed by atoms with E-state index in [2.05, 4.69) is 5.32 Å². The maximum absolute atomic E-state index is 11.0. The highest BCUT2D eigenvalue weighted by Crippen LogP contribution is 2.16. The van der Waals surface area contributed by atoms with Crippen LogP contribution in [0.4, 0.5) is 11.4 Å². The molecule has 6 heteroatoms. The summed E-state index contributed by atoms with van der Waals surface area (Å²) in [6.07, 6.45) is 1.65. The summed E-state index contributed by atoms with van der Waals surface area (Å²) in [5.74, 6) is 0.553. The van der Waals surface area contributed by atoms with Crippen molar-refractivity contribution in [1.29, 1.82) is 0 Å². The summed E-state index contributed by atoms with van der Waals surface area (Å²) in [6.45, 7) is 1.92. The molecule has 2 unspecified atom stereocenters. The van der Waals surface area contributed by atoms with Gasteiger partial charge in [-0.15, -0.1) is 0 Å². The van der Waals surface area contributed by atoms with Gasteiger partial charge in [0, 0.05) is 46.7 Å². The van der Waals surface area contributed by atoms with Gasteiger partial charge in [0.1, 0.15) is 0 Å². The van der Waals surface area contributed by atoms with E-state index < -0.39 is 15.7 Å². The van der Waals surface area contributed by atoms with E-state index in [1.165, 1.54) is 12.1 Å². The number of anilines is 1. The quantitative estimate of drug-likeness (QED) is 0.631. The minimum absolute atomic E-state index is 0.0669. The topological polar surface area (TPSA) is 72.2 Å². The summed E-state index contributed by atoms with van der Waals surface area (Å²) >= 11 is 0. The maximum Gasteiger partial charge on any atom is 0.269 e. The number of nitrogens with one attached hydrogen (secondary N) is 1. The monoisotopic (exact) mass is 242 g/mol. The average Bonchev–Trinajstić information content (AvgIpc) is 2.16. The first-order valence-corrected chi connectivity index (χ1v) is 6.53. The van der Waals surface area contributed by atoms with E-state index in [1.807, 2.05) is 6.92 Å².